The lowest BCUT2D eigenvalue weighted by atomic mass is 9.94. The first kappa shape index (κ1) is 21.2. The standard InChI is InChI=1S/C21H17N7O3/c1-31-21(30)28-12-16(8-14-4-2-6-18(10-14)24-26-22)20(29)17(13-28)9-15-5-3-7-19(11-15)25-27-23/h2-11H,12-13H2,1H3/b16-8-,17-9+. The molecule has 3 rings (SSSR count). The fraction of sp³-hybridized carbons (Fsp3) is 0.143. The van der Waals surface area contributed by atoms with Crippen molar-refractivity contribution in [3.05, 3.63) is 91.7 Å². The number of Topliss-reactive ketones (excluding diaryl/α,β-unsaturated/α-hetero) is 1. The van der Waals surface area contributed by atoms with Gasteiger partial charge in [0.05, 0.1) is 20.2 Å². The number of hydrogen-bond acceptors (Lipinski definition) is 5. The van der Waals surface area contributed by atoms with Crippen molar-refractivity contribution in [3.8, 4) is 0 Å². The largest absolute Gasteiger partial charge is 0.453 e. The summed E-state index contributed by atoms with van der Waals surface area (Å²) in [5.41, 5.74) is 20.1. The lowest BCUT2D eigenvalue weighted by Crippen LogP contribution is -2.41. The lowest BCUT2D eigenvalue weighted by molar-refractivity contribution is -0.113. The molecule has 2 aromatic rings. The normalized spacial score (nSPS) is 15.9. The highest BCUT2D eigenvalue weighted by Gasteiger charge is 2.29. The van der Waals surface area contributed by atoms with Gasteiger partial charge in [0.2, 0.25) is 0 Å². The van der Waals surface area contributed by atoms with Crippen LogP contribution < -0.4 is 0 Å². The van der Waals surface area contributed by atoms with Gasteiger partial charge in [-0.05, 0) is 46.5 Å². The van der Waals surface area contributed by atoms with Crippen LogP contribution in [0.25, 0.3) is 33.0 Å². The summed E-state index contributed by atoms with van der Waals surface area (Å²) in [6.45, 7) is 0.153. The van der Waals surface area contributed by atoms with E-state index >= 15 is 0 Å². The summed E-state index contributed by atoms with van der Waals surface area (Å²) in [5, 5.41) is 7.13. The van der Waals surface area contributed by atoms with Crippen LogP contribution in [0.4, 0.5) is 16.2 Å². The van der Waals surface area contributed by atoms with Gasteiger partial charge in [-0.15, -0.1) is 0 Å². The number of carbonyl (C=O) groups excluding carboxylic acids is 2. The molecule has 0 N–H and O–H groups in total. The SMILES string of the molecule is COC(=O)N1C/C(=C/c2cccc(N=[N+]=[N-])c2)C(=O)/C(=C/c2cccc(N=[N+]=[N-])c2)C1. The van der Waals surface area contributed by atoms with Crippen molar-refractivity contribution in [2.75, 3.05) is 20.2 Å². The van der Waals surface area contributed by atoms with Crippen LogP contribution in [0.1, 0.15) is 11.1 Å². The molecule has 154 valence electrons. The highest BCUT2D eigenvalue weighted by molar-refractivity contribution is 6.15. The molecule has 0 unspecified atom stereocenters. The average molecular weight is 415 g/mol. The highest BCUT2D eigenvalue weighted by Crippen LogP contribution is 2.25. The monoisotopic (exact) mass is 415 g/mol. The zero-order valence-corrected chi connectivity index (χ0v) is 16.5. The Morgan fingerprint density at radius 3 is 1.87 bits per heavy atom. The second-order valence-corrected chi connectivity index (χ2v) is 6.56. The minimum atomic E-state index is -0.560. The maximum absolute atomic E-state index is 13.1. The number of ether oxygens (including phenoxy) is 1. The summed E-state index contributed by atoms with van der Waals surface area (Å²) in [6.07, 6.45) is 2.74. The van der Waals surface area contributed by atoms with E-state index in [1.54, 1.807) is 60.7 Å². The third-order valence-corrected chi connectivity index (χ3v) is 4.48. The predicted octanol–water partition coefficient (Wildman–Crippen LogP) is 5.69. The number of nitrogens with zero attached hydrogens (tertiary/aromatic N) is 7. The Kier molecular flexibility index (Phi) is 6.70. The molecule has 1 heterocycles. The molecule has 0 spiro atoms. The van der Waals surface area contributed by atoms with E-state index in [-0.39, 0.29) is 18.9 Å². The van der Waals surface area contributed by atoms with Crippen molar-refractivity contribution in [3.63, 3.8) is 0 Å². The number of ketones is 1. The Labute approximate surface area is 177 Å². The van der Waals surface area contributed by atoms with Crippen LogP contribution in [0.5, 0.6) is 0 Å². The van der Waals surface area contributed by atoms with Crippen LogP contribution in [0.3, 0.4) is 0 Å². The second kappa shape index (κ2) is 9.80. The van der Waals surface area contributed by atoms with Crippen molar-refractivity contribution in [2.45, 2.75) is 0 Å². The van der Waals surface area contributed by atoms with Crippen molar-refractivity contribution < 1.29 is 14.3 Å². The Morgan fingerprint density at radius 2 is 1.45 bits per heavy atom. The molecule has 2 aromatic carbocycles. The molecule has 0 atom stereocenters. The van der Waals surface area contributed by atoms with Crippen molar-refractivity contribution in [1.29, 1.82) is 0 Å². The molecule has 1 aliphatic heterocycles. The first-order valence-electron chi connectivity index (χ1n) is 9.13. The van der Waals surface area contributed by atoms with Crippen LogP contribution in [0.2, 0.25) is 0 Å². The summed E-state index contributed by atoms with van der Waals surface area (Å²) in [7, 11) is 1.28. The number of rotatable bonds is 4. The van der Waals surface area contributed by atoms with Gasteiger partial charge in [-0.2, -0.15) is 0 Å². The first-order chi connectivity index (χ1) is 15.0. The highest BCUT2D eigenvalue weighted by atomic mass is 16.5. The number of carbonyl (C=O) groups is 2. The number of azide groups is 2. The van der Waals surface area contributed by atoms with E-state index in [0.29, 0.717) is 33.6 Å². The number of benzene rings is 2. The Bertz CT molecular complexity index is 1110. The minimum absolute atomic E-state index is 0.0767. The molecule has 0 bridgehead atoms. The van der Waals surface area contributed by atoms with Crippen molar-refractivity contribution in [2.24, 2.45) is 10.2 Å². The minimum Gasteiger partial charge on any atom is -0.453 e. The zero-order chi connectivity index (χ0) is 22.2. The van der Waals surface area contributed by atoms with Crippen LogP contribution >= 0.6 is 0 Å². The molecule has 0 saturated carbocycles. The molecule has 1 fully saturated rings. The van der Waals surface area contributed by atoms with Crippen LogP contribution in [-0.4, -0.2) is 37.0 Å². The van der Waals surface area contributed by atoms with Gasteiger partial charge in [-0.3, -0.25) is 9.69 Å². The molecular weight excluding hydrogens is 398 g/mol. The molecule has 1 amide bonds. The number of amides is 1. The summed E-state index contributed by atoms with van der Waals surface area (Å²) in [4.78, 5) is 32.2. The third kappa shape index (κ3) is 5.30. The molecule has 0 aliphatic carbocycles. The van der Waals surface area contributed by atoms with E-state index < -0.39 is 6.09 Å². The molecule has 10 nitrogen and oxygen atoms in total. The van der Waals surface area contributed by atoms with Gasteiger partial charge in [0.25, 0.3) is 0 Å². The zero-order valence-electron chi connectivity index (χ0n) is 16.5. The maximum atomic E-state index is 13.1. The first-order valence-corrected chi connectivity index (χ1v) is 9.13. The molecule has 0 radical (unpaired) electrons. The van der Waals surface area contributed by atoms with Crippen molar-refractivity contribution >= 4 is 35.4 Å². The maximum Gasteiger partial charge on any atom is 0.410 e. The number of likely N-dealkylation sites (tertiary alicyclic amines) is 1. The Hall–Kier alpha value is -4.52. The fourth-order valence-electron chi connectivity index (χ4n) is 3.16. The van der Waals surface area contributed by atoms with Gasteiger partial charge < -0.3 is 4.74 Å². The average Bonchev–Trinajstić information content (AvgIpc) is 2.77. The van der Waals surface area contributed by atoms with Gasteiger partial charge in [-0.1, -0.05) is 46.6 Å². The molecular formula is C21H17N7O3. The summed E-state index contributed by atoms with van der Waals surface area (Å²) < 4.78 is 4.84. The van der Waals surface area contributed by atoms with E-state index in [0.717, 1.165) is 0 Å². The summed E-state index contributed by atoms with van der Waals surface area (Å²) in [6, 6.07) is 13.5. The van der Waals surface area contributed by atoms with Crippen LogP contribution in [0.15, 0.2) is 69.9 Å². The van der Waals surface area contributed by atoms with Crippen LogP contribution in [0, 0.1) is 0 Å². The number of hydrogen-bond donors (Lipinski definition) is 0. The topological polar surface area (TPSA) is 144 Å². The molecule has 1 aliphatic rings. The van der Waals surface area contributed by atoms with Gasteiger partial charge in [0.1, 0.15) is 0 Å². The quantitative estimate of drug-likeness (QED) is 0.274. The van der Waals surface area contributed by atoms with E-state index in [1.165, 1.54) is 12.0 Å². The summed E-state index contributed by atoms with van der Waals surface area (Å²) in [5.74, 6) is -0.219. The molecule has 1 saturated heterocycles. The van der Waals surface area contributed by atoms with E-state index in [2.05, 4.69) is 20.1 Å². The Morgan fingerprint density at radius 1 is 0.968 bits per heavy atom. The van der Waals surface area contributed by atoms with Crippen LogP contribution in [-0.2, 0) is 9.53 Å². The summed E-state index contributed by atoms with van der Waals surface area (Å²) >= 11 is 0. The predicted molar refractivity (Wildman–Crippen MR) is 115 cm³/mol. The van der Waals surface area contributed by atoms with Gasteiger partial charge in [0.15, 0.2) is 5.78 Å². The Balaban J connectivity index is 2.02. The number of methoxy groups -OCH3 is 1. The third-order valence-electron chi connectivity index (χ3n) is 4.48. The molecule has 31 heavy (non-hydrogen) atoms. The fourth-order valence-corrected chi connectivity index (χ4v) is 3.16. The smallest absolute Gasteiger partial charge is 0.410 e. The van der Waals surface area contributed by atoms with Gasteiger partial charge >= 0.3 is 6.09 Å². The lowest BCUT2D eigenvalue weighted by Gasteiger charge is -2.28. The number of piperidine rings is 1. The van der Waals surface area contributed by atoms with E-state index in [1.807, 2.05) is 0 Å². The second-order valence-electron chi connectivity index (χ2n) is 6.56. The van der Waals surface area contributed by atoms with Gasteiger partial charge in [0, 0.05) is 32.3 Å². The van der Waals surface area contributed by atoms with Crippen molar-refractivity contribution in [1.82, 2.24) is 4.90 Å². The molecule has 10 heteroatoms. The van der Waals surface area contributed by atoms with E-state index in [4.69, 9.17) is 15.8 Å². The molecule has 0 aromatic heterocycles. The van der Waals surface area contributed by atoms with Gasteiger partial charge in [-0.25, -0.2) is 4.79 Å². The van der Waals surface area contributed by atoms with E-state index in [9.17, 15) is 9.59 Å².